The number of piperazine rings is 1. The topological polar surface area (TPSA) is 36.4 Å². The van der Waals surface area contributed by atoms with Crippen molar-refractivity contribution >= 4 is 17.2 Å². The van der Waals surface area contributed by atoms with Gasteiger partial charge < -0.3 is 4.90 Å². The number of thiazole rings is 1. The lowest BCUT2D eigenvalue weighted by Gasteiger charge is -2.41. The molecule has 2 fully saturated rings. The fraction of sp³-hybridized carbons (Fsp3) is 0.474. The Morgan fingerprint density at radius 1 is 1.12 bits per heavy atom. The summed E-state index contributed by atoms with van der Waals surface area (Å²) in [5.74, 6) is 1.18. The first-order valence-electron chi connectivity index (χ1n) is 8.73. The van der Waals surface area contributed by atoms with Crippen molar-refractivity contribution in [3.8, 4) is 0 Å². The molecule has 2 heterocycles. The highest BCUT2D eigenvalue weighted by atomic mass is 32.1. The Morgan fingerprint density at radius 3 is 2.54 bits per heavy atom. The average Bonchev–Trinajstić information content (AvgIpc) is 3.08. The van der Waals surface area contributed by atoms with Crippen molar-refractivity contribution in [3.05, 3.63) is 52.5 Å². The molecule has 1 aromatic heterocycles. The molecule has 24 heavy (non-hydrogen) atoms. The van der Waals surface area contributed by atoms with E-state index < -0.39 is 0 Å². The lowest BCUT2D eigenvalue weighted by atomic mass is 9.71. The quantitative estimate of drug-likeness (QED) is 0.858. The van der Waals surface area contributed by atoms with Crippen LogP contribution >= 0.6 is 11.3 Å². The third-order valence-corrected chi connectivity index (χ3v) is 5.95. The van der Waals surface area contributed by atoms with Crippen LogP contribution in [0.25, 0.3) is 0 Å². The molecule has 2 aliphatic rings. The standard InChI is InChI=1S/C19H23N3OS/c23-19(17-10-16(11-17)15-4-2-1-3-5-15)22-8-6-21(7-9-22)12-18-13-24-14-20-18/h1-5,13-14,16-17H,6-12H2. The number of hydrogen-bond donors (Lipinski definition) is 0. The summed E-state index contributed by atoms with van der Waals surface area (Å²) in [6.45, 7) is 4.53. The van der Waals surface area contributed by atoms with E-state index >= 15 is 0 Å². The van der Waals surface area contributed by atoms with Gasteiger partial charge in [0.05, 0.1) is 11.2 Å². The summed E-state index contributed by atoms with van der Waals surface area (Å²) in [6, 6.07) is 10.6. The van der Waals surface area contributed by atoms with Crippen LogP contribution in [0.5, 0.6) is 0 Å². The van der Waals surface area contributed by atoms with E-state index in [1.807, 2.05) is 5.51 Å². The molecule has 0 atom stereocenters. The first-order chi connectivity index (χ1) is 11.8. The zero-order valence-electron chi connectivity index (χ0n) is 13.8. The molecule has 1 aromatic carbocycles. The normalized spacial score (nSPS) is 24.6. The number of aromatic nitrogens is 1. The number of benzene rings is 1. The van der Waals surface area contributed by atoms with Crippen molar-refractivity contribution in [1.29, 1.82) is 0 Å². The van der Waals surface area contributed by atoms with E-state index in [0.29, 0.717) is 11.8 Å². The average molecular weight is 341 g/mol. The van der Waals surface area contributed by atoms with Crippen molar-refractivity contribution in [2.45, 2.75) is 25.3 Å². The van der Waals surface area contributed by atoms with Gasteiger partial charge in [0.2, 0.25) is 5.91 Å². The van der Waals surface area contributed by atoms with Crippen molar-refractivity contribution in [2.24, 2.45) is 5.92 Å². The van der Waals surface area contributed by atoms with Crippen LogP contribution in [0, 0.1) is 5.92 Å². The van der Waals surface area contributed by atoms with E-state index in [9.17, 15) is 4.79 Å². The Labute approximate surface area is 147 Å². The smallest absolute Gasteiger partial charge is 0.225 e. The summed E-state index contributed by atoms with van der Waals surface area (Å²) in [4.78, 5) is 21.5. The van der Waals surface area contributed by atoms with Crippen molar-refractivity contribution in [1.82, 2.24) is 14.8 Å². The molecule has 4 nitrogen and oxygen atoms in total. The molecule has 1 saturated heterocycles. The maximum atomic E-state index is 12.7. The zero-order chi connectivity index (χ0) is 16.4. The van der Waals surface area contributed by atoms with Crippen LogP contribution in [0.1, 0.15) is 30.0 Å². The van der Waals surface area contributed by atoms with Crippen LogP contribution in [-0.2, 0) is 11.3 Å². The molecule has 0 unspecified atom stereocenters. The SMILES string of the molecule is O=C(C1CC(c2ccccc2)C1)N1CCN(Cc2cscn2)CC1. The molecular formula is C19H23N3OS. The fourth-order valence-corrected chi connectivity index (χ4v) is 4.30. The fourth-order valence-electron chi connectivity index (χ4n) is 3.75. The zero-order valence-corrected chi connectivity index (χ0v) is 14.6. The van der Waals surface area contributed by atoms with E-state index in [1.54, 1.807) is 11.3 Å². The minimum atomic E-state index is 0.236. The number of hydrogen-bond acceptors (Lipinski definition) is 4. The van der Waals surface area contributed by atoms with E-state index in [2.05, 4.69) is 50.5 Å². The summed E-state index contributed by atoms with van der Waals surface area (Å²) in [5, 5.41) is 2.11. The summed E-state index contributed by atoms with van der Waals surface area (Å²) in [5.41, 5.74) is 4.41. The third-order valence-electron chi connectivity index (χ3n) is 5.31. The van der Waals surface area contributed by atoms with Gasteiger partial charge >= 0.3 is 0 Å². The van der Waals surface area contributed by atoms with Gasteiger partial charge in [0.1, 0.15) is 0 Å². The van der Waals surface area contributed by atoms with Gasteiger partial charge in [0.15, 0.2) is 0 Å². The van der Waals surface area contributed by atoms with Crippen LogP contribution in [0.15, 0.2) is 41.2 Å². The highest BCUT2D eigenvalue weighted by Gasteiger charge is 2.38. The van der Waals surface area contributed by atoms with Crippen molar-refractivity contribution in [2.75, 3.05) is 26.2 Å². The van der Waals surface area contributed by atoms with Crippen molar-refractivity contribution < 1.29 is 4.79 Å². The number of rotatable bonds is 4. The van der Waals surface area contributed by atoms with Gasteiger partial charge in [-0.3, -0.25) is 9.69 Å². The van der Waals surface area contributed by atoms with Gasteiger partial charge in [-0.05, 0) is 24.3 Å². The second-order valence-corrected chi connectivity index (χ2v) is 7.58. The molecule has 4 rings (SSSR count). The summed E-state index contributed by atoms with van der Waals surface area (Å²) >= 11 is 1.64. The van der Waals surface area contributed by atoms with E-state index in [4.69, 9.17) is 0 Å². The maximum Gasteiger partial charge on any atom is 0.225 e. The first kappa shape index (κ1) is 15.8. The number of carbonyl (C=O) groups is 1. The van der Waals surface area contributed by atoms with E-state index in [-0.39, 0.29) is 5.92 Å². The second-order valence-electron chi connectivity index (χ2n) is 6.86. The Hall–Kier alpha value is -1.72. The molecule has 0 N–H and O–H groups in total. The molecule has 1 aliphatic carbocycles. The number of amides is 1. The number of carbonyl (C=O) groups excluding carboxylic acids is 1. The van der Waals surface area contributed by atoms with Gasteiger partial charge in [-0.1, -0.05) is 30.3 Å². The predicted molar refractivity (Wildman–Crippen MR) is 95.9 cm³/mol. The van der Waals surface area contributed by atoms with E-state index in [0.717, 1.165) is 51.3 Å². The first-order valence-corrected chi connectivity index (χ1v) is 9.67. The highest BCUT2D eigenvalue weighted by molar-refractivity contribution is 7.07. The minimum absolute atomic E-state index is 0.236. The van der Waals surface area contributed by atoms with Gasteiger partial charge in [-0.25, -0.2) is 4.98 Å². The molecule has 0 bridgehead atoms. The van der Waals surface area contributed by atoms with Gasteiger partial charge in [0.25, 0.3) is 0 Å². The van der Waals surface area contributed by atoms with Gasteiger partial charge in [-0.2, -0.15) is 0 Å². The molecule has 0 spiro atoms. The lowest BCUT2D eigenvalue weighted by molar-refractivity contribution is -0.140. The van der Waals surface area contributed by atoms with E-state index in [1.165, 1.54) is 5.56 Å². The second kappa shape index (κ2) is 7.03. The minimum Gasteiger partial charge on any atom is -0.340 e. The Morgan fingerprint density at radius 2 is 1.88 bits per heavy atom. The maximum absolute atomic E-state index is 12.7. The van der Waals surface area contributed by atoms with Crippen molar-refractivity contribution in [3.63, 3.8) is 0 Å². The Balaban J connectivity index is 1.24. The molecule has 126 valence electrons. The molecule has 1 saturated carbocycles. The van der Waals surface area contributed by atoms with Gasteiger partial charge in [-0.15, -0.1) is 11.3 Å². The molecular weight excluding hydrogens is 318 g/mol. The summed E-state index contributed by atoms with van der Waals surface area (Å²) < 4.78 is 0. The molecule has 0 radical (unpaired) electrons. The monoisotopic (exact) mass is 341 g/mol. The Kier molecular flexibility index (Phi) is 4.63. The lowest BCUT2D eigenvalue weighted by Crippen LogP contribution is -2.51. The summed E-state index contributed by atoms with van der Waals surface area (Å²) in [6.07, 6.45) is 2.03. The summed E-state index contributed by atoms with van der Waals surface area (Å²) in [7, 11) is 0. The Bertz CT molecular complexity index is 659. The van der Waals surface area contributed by atoms with Crippen LogP contribution in [-0.4, -0.2) is 46.9 Å². The molecule has 2 aromatic rings. The number of nitrogens with zero attached hydrogens (tertiary/aromatic N) is 3. The molecule has 1 amide bonds. The highest BCUT2D eigenvalue weighted by Crippen LogP contribution is 2.42. The third kappa shape index (κ3) is 3.37. The van der Waals surface area contributed by atoms with Gasteiger partial charge in [0, 0.05) is 44.0 Å². The van der Waals surface area contributed by atoms with Crippen LogP contribution in [0.2, 0.25) is 0 Å². The van der Waals surface area contributed by atoms with Crippen LogP contribution in [0.4, 0.5) is 0 Å². The van der Waals surface area contributed by atoms with Crippen LogP contribution in [0.3, 0.4) is 0 Å². The van der Waals surface area contributed by atoms with Crippen LogP contribution < -0.4 is 0 Å². The molecule has 5 heteroatoms. The largest absolute Gasteiger partial charge is 0.340 e. The predicted octanol–water partition coefficient (Wildman–Crippen LogP) is 2.98. The molecule has 1 aliphatic heterocycles.